The number of aromatic nitrogens is 3. The van der Waals surface area contributed by atoms with Gasteiger partial charge in [-0.3, -0.25) is 4.79 Å². The SMILES string of the molecule is Cc1nc(N2CCOCC2)sc1C(=O)NCc1nc2ncccc2o1. The highest BCUT2D eigenvalue weighted by Crippen LogP contribution is 2.26. The zero-order chi connectivity index (χ0) is 17.2. The standard InChI is InChI=1S/C16H17N5O3S/c1-10-13(25-16(19-10)21-5-7-23-8-6-21)15(22)18-9-12-20-14-11(24-12)3-2-4-17-14/h2-4H,5-9H2,1H3,(H,18,22). The number of oxazole rings is 1. The third kappa shape index (κ3) is 3.33. The Morgan fingerprint density at radius 3 is 3.00 bits per heavy atom. The van der Waals surface area contributed by atoms with Crippen molar-refractivity contribution in [3.8, 4) is 0 Å². The number of ether oxygens (including phenoxy) is 1. The molecule has 1 aliphatic rings. The van der Waals surface area contributed by atoms with E-state index in [4.69, 9.17) is 9.15 Å². The van der Waals surface area contributed by atoms with Crippen LogP contribution in [0.5, 0.6) is 0 Å². The number of anilines is 1. The molecule has 1 amide bonds. The molecule has 0 saturated carbocycles. The first kappa shape index (κ1) is 16.0. The van der Waals surface area contributed by atoms with E-state index in [9.17, 15) is 4.79 Å². The van der Waals surface area contributed by atoms with Crippen molar-refractivity contribution in [2.45, 2.75) is 13.5 Å². The van der Waals surface area contributed by atoms with Gasteiger partial charge in [0.1, 0.15) is 4.88 Å². The van der Waals surface area contributed by atoms with Gasteiger partial charge in [0.05, 0.1) is 25.5 Å². The first-order chi connectivity index (χ1) is 12.2. The molecule has 1 N–H and O–H groups in total. The lowest BCUT2D eigenvalue weighted by molar-refractivity contribution is 0.0950. The highest BCUT2D eigenvalue weighted by Gasteiger charge is 2.20. The maximum atomic E-state index is 12.5. The predicted molar refractivity (Wildman–Crippen MR) is 92.9 cm³/mol. The highest BCUT2D eigenvalue weighted by atomic mass is 32.1. The van der Waals surface area contributed by atoms with Crippen molar-refractivity contribution in [2.75, 3.05) is 31.2 Å². The van der Waals surface area contributed by atoms with E-state index in [0.717, 1.165) is 23.9 Å². The summed E-state index contributed by atoms with van der Waals surface area (Å²) in [6, 6.07) is 3.58. The number of nitrogens with zero attached hydrogens (tertiary/aromatic N) is 4. The number of hydrogen-bond donors (Lipinski definition) is 1. The van der Waals surface area contributed by atoms with Crippen molar-refractivity contribution in [1.82, 2.24) is 20.3 Å². The summed E-state index contributed by atoms with van der Waals surface area (Å²) in [6.45, 7) is 5.02. The summed E-state index contributed by atoms with van der Waals surface area (Å²) in [5, 5.41) is 3.70. The summed E-state index contributed by atoms with van der Waals surface area (Å²) in [7, 11) is 0. The van der Waals surface area contributed by atoms with Crippen LogP contribution in [0.3, 0.4) is 0 Å². The number of thiazole rings is 1. The zero-order valence-corrected chi connectivity index (χ0v) is 14.5. The second-order valence-electron chi connectivity index (χ2n) is 5.63. The molecule has 9 heteroatoms. The second-order valence-corrected chi connectivity index (χ2v) is 6.60. The zero-order valence-electron chi connectivity index (χ0n) is 13.7. The number of morpholine rings is 1. The molecule has 0 aliphatic carbocycles. The molecule has 0 unspecified atom stereocenters. The highest BCUT2D eigenvalue weighted by molar-refractivity contribution is 7.17. The fourth-order valence-corrected chi connectivity index (χ4v) is 3.64. The van der Waals surface area contributed by atoms with Crippen LogP contribution in [0, 0.1) is 6.92 Å². The fourth-order valence-electron chi connectivity index (χ4n) is 2.61. The van der Waals surface area contributed by atoms with Gasteiger partial charge in [-0.1, -0.05) is 11.3 Å². The van der Waals surface area contributed by atoms with E-state index >= 15 is 0 Å². The number of carbonyl (C=O) groups is 1. The molecule has 1 fully saturated rings. The van der Waals surface area contributed by atoms with Crippen molar-refractivity contribution >= 4 is 33.6 Å². The van der Waals surface area contributed by atoms with Crippen LogP contribution in [0.2, 0.25) is 0 Å². The van der Waals surface area contributed by atoms with Crippen molar-refractivity contribution in [1.29, 1.82) is 0 Å². The minimum absolute atomic E-state index is 0.176. The number of carbonyl (C=O) groups excluding carboxylic acids is 1. The molecule has 25 heavy (non-hydrogen) atoms. The number of pyridine rings is 1. The molecule has 8 nitrogen and oxygen atoms in total. The van der Waals surface area contributed by atoms with Gasteiger partial charge in [0.25, 0.3) is 5.91 Å². The molecule has 3 aromatic heterocycles. The van der Waals surface area contributed by atoms with E-state index in [1.807, 2.05) is 6.92 Å². The van der Waals surface area contributed by atoms with E-state index in [1.54, 1.807) is 18.3 Å². The minimum Gasteiger partial charge on any atom is -0.437 e. The van der Waals surface area contributed by atoms with Gasteiger partial charge >= 0.3 is 0 Å². The van der Waals surface area contributed by atoms with Crippen molar-refractivity contribution < 1.29 is 13.9 Å². The van der Waals surface area contributed by atoms with Crippen LogP contribution >= 0.6 is 11.3 Å². The monoisotopic (exact) mass is 359 g/mol. The van der Waals surface area contributed by atoms with Crippen LogP contribution in [0.1, 0.15) is 21.3 Å². The number of nitrogens with one attached hydrogen (secondary N) is 1. The maximum absolute atomic E-state index is 12.5. The summed E-state index contributed by atoms with van der Waals surface area (Å²) in [4.78, 5) is 28.1. The lowest BCUT2D eigenvalue weighted by Gasteiger charge is -2.25. The normalized spacial score (nSPS) is 14.8. The molecule has 0 bridgehead atoms. The van der Waals surface area contributed by atoms with Gasteiger partial charge < -0.3 is 19.4 Å². The second kappa shape index (κ2) is 6.77. The molecule has 0 atom stereocenters. The summed E-state index contributed by atoms with van der Waals surface area (Å²) in [6.07, 6.45) is 1.65. The fraction of sp³-hybridized carbons (Fsp3) is 0.375. The molecule has 0 spiro atoms. The largest absolute Gasteiger partial charge is 0.437 e. The lowest BCUT2D eigenvalue weighted by atomic mass is 10.3. The first-order valence-electron chi connectivity index (χ1n) is 7.99. The van der Waals surface area contributed by atoms with Gasteiger partial charge in [0.2, 0.25) is 5.89 Å². The Labute approximate surface area is 147 Å². The van der Waals surface area contributed by atoms with Gasteiger partial charge in [-0.2, -0.15) is 4.98 Å². The Morgan fingerprint density at radius 1 is 1.36 bits per heavy atom. The van der Waals surface area contributed by atoms with E-state index in [2.05, 4.69) is 25.2 Å². The molecule has 4 rings (SSSR count). The number of fused-ring (bicyclic) bond motifs is 1. The van der Waals surface area contributed by atoms with E-state index in [0.29, 0.717) is 35.2 Å². The summed E-state index contributed by atoms with van der Waals surface area (Å²) >= 11 is 1.40. The van der Waals surface area contributed by atoms with Gasteiger partial charge in [0, 0.05) is 19.3 Å². The number of hydrogen-bond acceptors (Lipinski definition) is 8. The van der Waals surface area contributed by atoms with Crippen molar-refractivity contribution in [3.05, 3.63) is 34.8 Å². The third-order valence-corrected chi connectivity index (χ3v) is 5.10. The van der Waals surface area contributed by atoms with Crippen LogP contribution < -0.4 is 10.2 Å². The Balaban J connectivity index is 1.44. The van der Waals surface area contributed by atoms with E-state index < -0.39 is 0 Å². The average molecular weight is 359 g/mol. The van der Waals surface area contributed by atoms with Crippen LogP contribution in [0.15, 0.2) is 22.7 Å². The molecule has 0 radical (unpaired) electrons. The lowest BCUT2D eigenvalue weighted by Crippen LogP contribution is -2.36. The Morgan fingerprint density at radius 2 is 2.20 bits per heavy atom. The Kier molecular flexibility index (Phi) is 4.33. The first-order valence-corrected chi connectivity index (χ1v) is 8.81. The van der Waals surface area contributed by atoms with Crippen LogP contribution in [-0.2, 0) is 11.3 Å². The predicted octanol–water partition coefficient (Wildman–Crippen LogP) is 1.75. The minimum atomic E-state index is -0.176. The summed E-state index contributed by atoms with van der Waals surface area (Å²) < 4.78 is 10.9. The third-order valence-electron chi connectivity index (χ3n) is 3.88. The van der Waals surface area contributed by atoms with Crippen molar-refractivity contribution in [3.63, 3.8) is 0 Å². The molecule has 130 valence electrons. The van der Waals surface area contributed by atoms with Gasteiger partial charge in [-0.25, -0.2) is 9.97 Å². The molecule has 4 heterocycles. The Bertz CT molecular complexity index is 867. The molecule has 0 aromatic carbocycles. The molecular formula is C16H17N5O3S. The van der Waals surface area contributed by atoms with Crippen LogP contribution in [-0.4, -0.2) is 47.2 Å². The smallest absolute Gasteiger partial charge is 0.263 e. The van der Waals surface area contributed by atoms with Gasteiger partial charge in [-0.15, -0.1) is 0 Å². The molecule has 1 aliphatic heterocycles. The van der Waals surface area contributed by atoms with Crippen molar-refractivity contribution in [2.24, 2.45) is 0 Å². The quantitative estimate of drug-likeness (QED) is 0.758. The molecular weight excluding hydrogens is 342 g/mol. The number of amides is 1. The topological polar surface area (TPSA) is 93.4 Å². The molecule has 3 aromatic rings. The van der Waals surface area contributed by atoms with Crippen LogP contribution in [0.25, 0.3) is 11.2 Å². The van der Waals surface area contributed by atoms with E-state index in [-0.39, 0.29) is 12.5 Å². The summed E-state index contributed by atoms with van der Waals surface area (Å²) in [5.41, 5.74) is 1.87. The number of aryl methyl sites for hydroxylation is 1. The number of rotatable bonds is 4. The average Bonchev–Trinajstić information content (AvgIpc) is 3.23. The maximum Gasteiger partial charge on any atom is 0.263 e. The summed E-state index contributed by atoms with van der Waals surface area (Å²) in [5.74, 6) is 0.252. The Hall–Kier alpha value is -2.52. The van der Waals surface area contributed by atoms with Crippen LogP contribution in [0.4, 0.5) is 5.13 Å². The van der Waals surface area contributed by atoms with E-state index in [1.165, 1.54) is 11.3 Å². The van der Waals surface area contributed by atoms with Gasteiger partial charge in [0.15, 0.2) is 16.4 Å². The van der Waals surface area contributed by atoms with Gasteiger partial charge in [-0.05, 0) is 19.1 Å². The molecule has 1 saturated heterocycles.